The van der Waals surface area contributed by atoms with Gasteiger partial charge in [0.25, 0.3) is 0 Å². The first kappa shape index (κ1) is 16.9. The van der Waals surface area contributed by atoms with Crippen LogP contribution in [0.1, 0.15) is 36.8 Å². The van der Waals surface area contributed by atoms with Gasteiger partial charge in [0.05, 0.1) is 12.1 Å². The van der Waals surface area contributed by atoms with Gasteiger partial charge in [-0.25, -0.2) is 0 Å². The second kappa shape index (κ2) is 7.66. The lowest BCUT2D eigenvalue weighted by molar-refractivity contribution is -0.137. The lowest BCUT2D eigenvalue weighted by Crippen LogP contribution is -2.40. The molecule has 5 heteroatoms. The zero-order valence-electron chi connectivity index (χ0n) is 12.4. The molecule has 1 heterocycles. The van der Waals surface area contributed by atoms with Crippen molar-refractivity contribution < 1.29 is 18.3 Å². The van der Waals surface area contributed by atoms with Crippen molar-refractivity contribution in [3.63, 3.8) is 0 Å². The highest BCUT2D eigenvalue weighted by Crippen LogP contribution is 2.28. The van der Waals surface area contributed by atoms with Crippen LogP contribution in [0, 0.1) is 11.8 Å². The van der Waals surface area contributed by atoms with E-state index in [-0.39, 0.29) is 6.61 Å². The Morgan fingerprint density at radius 1 is 1.18 bits per heavy atom. The number of halogens is 3. The summed E-state index contributed by atoms with van der Waals surface area (Å²) in [5, 5.41) is 9.08. The first-order valence-electron chi connectivity index (χ1n) is 7.52. The number of hydrogen-bond donors (Lipinski definition) is 1. The number of nitrogens with zero attached hydrogens (tertiary/aromatic N) is 1. The molecule has 0 saturated carbocycles. The molecule has 2 rings (SSSR count). The van der Waals surface area contributed by atoms with E-state index in [1.165, 1.54) is 18.6 Å². The zero-order chi connectivity index (χ0) is 16.0. The first-order valence-corrected chi connectivity index (χ1v) is 7.52. The van der Waals surface area contributed by atoms with E-state index in [0.717, 1.165) is 37.9 Å². The fourth-order valence-corrected chi connectivity index (χ4v) is 2.73. The van der Waals surface area contributed by atoms with E-state index in [0.29, 0.717) is 18.2 Å². The van der Waals surface area contributed by atoms with Gasteiger partial charge in [0.1, 0.15) is 0 Å². The Bertz CT molecular complexity index is 526. The molecule has 22 heavy (non-hydrogen) atoms. The number of alkyl halides is 3. The summed E-state index contributed by atoms with van der Waals surface area (Å²) in [6, 6.07) is 5.27. The van der Waals surface area contributed by atoms with Gasteiger partial charge in [-0.2, -0.15) is 13.2 Å². The van der Waals surface area contributed by atoms with Crippen LogP contribution in [0.5, 0.6) is 0 Å². The molecule has 1 aromatic carbocycles. The van der Waals surface area contributed by atoms with Crippen molar-refractivity contribution >= 4 is 0 Å². The molecule has 0 spiro atoms. The van der Waals surface area contributed by atoms with E-state index in [1.54, 1.807) is 0 Å². The van der Waals surface area contributed by atoms with Crippen LogP contribution in [0.3, 0.4) is 0 Å². The Balaban J connectivity index is 1.95. The van der Waals surface area contributed by atoms with Crippen molar-refractivity contribution in [2.24, 2.45) is 0 Å². The summed E-state index contributed by atoms with van der Waals surface area (Å²) in [6.07, 6.45) is -0.181. The molecule has 1 saturated heterocycles. The molecule has 1 N–H and O–H groups in total. The SMILES string of the molecule is OCCC1CCCCN1CC#Cc1ccc(C(F)(F)F)cc1. The van der Waals surface area contributed by atoms with E-state index < -0.39 is 11.7 Å². The largest absolute Gasteiger partial charge is 0.416 e. The van der Waals surface area contributed by atoms with E-state index >= 15 is 0 Å². The molecular formula is C17H20F3NO. The van der Waals surface area contributed by atoms with Crippen LogP contribution in [0.2, 0.25) is 0 Å². The first-order chi connectivity index (χ1) is 10.5. The van der Waals surface area contributed by atoms with Gasteiger partial charge in [0.15, 0.2) is 0 Å². The van der Waals surface area contributed by atoms with E-state index in [4.69, 9.17) is 5.11 Å². The maximum absolute atomic E-state index is 12.5. The number of benzene rings is 1. The third-order valence-corrected chi connectivity index (χ3v) is 3.94. The molecule has 1 atom stereocenters. The highest BCUT2D eigenvalue weighted by Gasteiger charge is 2.29. The third-order valence-electron chi connectivity index (χ3n) is 3.94. The van der Waals surface area contributed by atoms with Crippen LogP contribution in [0.15, 0.2) is 24.3 Å². The molecule has 1 aliphatic rings. The monoisotopic (exact) mass is 311 g/mol. The molecule has 2 nitrogen and oxygen atoms in total. The maximum atomic E-state index is 12.5. The van der Waals surface area contributed by atoms with Crippen LogP contribution in [-0.4, -0.2) is 35.7 Å². The minimum absolute atomic E-state index is 0.174. The quantitative estimate of drug-likeness (QED) is 0.866. The Kier molecular flexibility index (Phi) is 5.87. The van der Waals surface area contributed by atoms with Gasteiger partial charge in [-0.15, -0.1) is 0 Å². The average Bonchev–Trinajstić information content (AvgIpc) is 2.49. The lowest BCUT2D eigenvalue weighted by Gasteiger charge is -2.33. The Morgan fingerprint density at radius 2 is 1.91 bits per heavy atom. The number of likely N-dealkylation sites (tertiary alicyclic amines) is 1. The molecule has 1 aromatic rings. The Morgan fingerprint density at radius 3 is 2.55 bits per heavy atom. The summed E-state index contributed by atoms with van der Waals surface area (Å²) in [5.74, 6) is 5.94. The fraction of sp³-hybridized carbons (Fsp3) is 0.529. The second-order valence-corrected chi connectivity index (χ2v) is 5.51. The van der Waals surface area contributed by atoms with Crippen LogP contribution in [0.25, 0.3) is 0 Å². The van der Waals surface area contributed by atoms with Gasteiger partial charge in [-0.05, 0) is 50.1 Å². The molecule has 0 aromatic heterocycles. The van der Waals surface area contributed by atoms with Crippen LogP contribution < -0.4 is 0 Å². The predicted molar refractivity (Wildman–Crippen MR) is 79.2 cm³/mol. The predicted octanol–water partition coefficient (Wildman–Crippen LogP) is 3.29. The molecule has 0 radical (unpaired) electrons. The third kappa shape index (κ3) is 4.75. The van der Waals surface area contributed by atoms with E-state index in [1.807, 2.05) is 0 Å². The summed E-state index contributed by atoms with van der Waals surface area (Å²) in [6.45, 7) is 1.73. The van der Waals surface area contributed by atoms with Crippen molar-refractivity contribution in [2.45, 2.75) is 37.9 Å². The van der Waals surface area contributed by atoms with Crippen LogP contribution in [-0.2, 0) is 6.18 Å². The van der Waals surface area contributed by atoms with Crippen molar-refractivity contribution in [3.05, 3.63) is 35.4 Å². The van der Waals surface area contributed by atoms with Gasteiger partial charge in [-0.3, -0.25) is 4.90 Å². The van der Waals surface area contributed by atoms with Gasteiger partial charge in [0, 0.05) is 18.2 Å². The fourth-order valence-electron chi connectivity index (χ4n) is 2.73. The number of aliphatic hydroxyl groups excluding tert-OH is 1. The molecular weight excluding hydrogens is 291 g/mol. The Labute approximate surface area is 128 Å². The zero-order valence-corrected chi connectivity index (χ0v) is 12.4. The average molecular weight is 311 g/mol. The standard InChI is InChI=1S/C17H20F3NO/c18-17(19,20)15-8-6-14(7-9-15)4-3-12-21-11-2-1-5-16(21)10-13-22/h6-9,16,22H,1-2,5,10-13H2. The summed E-state index contributed by atoms with van der Waals surface area (Å²) in [5.41, 5.74) is -0.0687. The molecule has 0 aliphatic carbocycles. The van der Waals surface area contributed by atoms with Crippen LogP contribution in [0.4, 0.5) is 13.2 Å². The molecule has 1 aliphatic heterocycles. The minimum Gasteiger partial charge on any atom is -0.396 e. The van der Waals surface area contributed by atoms with Crippen molar-refractivity contribution in [2.75, 3.05) is 19.7 Å². The number of aliphatic hydroxyl groups is 1. The molecule has 1 unspecified atom stereocenters. The second-order valence-electron chi connectivity index (χ2n) is 5.51. The van der Waals surface area contributed by atoms with Crippen LogP contribution >= 0.6 is 0 Å². The topological polar surface area (TPSA) is 23.5 Å². The number of rotatable bonds is 3. The van der Waals surface area contributed by atoms with Crippen molar-refractivity contribution in [1.29, 1.82) is 0 Å². The number of hydrogen-bond acceptors (Lipinski definition) is 2. The normalized spacial score (nSPS) is 19.5. The maximum Gasteiger partial charge on any atom is 0.416 e. The van der Waals surface area contributed by atoms with Crippen molar-refractivity contribution in [1.82, 2.24) is 4.90 Å². The number of piperidine rings is 1. The molecule has 120 valence electrons. The highest BCUT2D eigenvalue weighted by molar-refractivity contribution is 5.37. The van der Waals surface area contributed by atoms with Gasteiger partial charge in [0.2, 0.25) is 0 Å². The minimum atomic E-state index is -4.31. The summed E-state index contributed by atoms with van der Waals surface area (Å²) in [4.78, 5) is 2.25. The smallest absolute Gasteiger partial charge is 0.396 e. The molecule has 0 amide bonds. The highest BCUT2D eigenvalue weighted by atomic mass is 19.4. The summed E-state index contributed by atoms with van der Waals surface area (Å²) in [7, 11) is 0. The summed E-state index contributed by atoms with van der Waals surface area (Å²) < 4.78 is 37.4. The molecule has 0 bridgehead atoms. The lowest BCUT2D eigenvalue weighted by atomic mass is 10.00. The van der Waals surface area contributed by atoms with E-state index in [2.05, 4.69) is 16.7 Å². The van der Waals surface area contributed by atoms with E-state index in [9.17, 15) is 13.2 Å². The van der Waals surface area contributed by atoms with Crippen molar-refractivity contribution in [3.8, 4) is 11.8 Å². The van der Waals surface area contributed by atoms with Gasteiger partial charge in [-0.1, -0.05) is 18.3 Å². The summed E-state index contributed by atoms with van der Waals surface area (Å²) >= 11 is 0. The van der Waals surface area contributed by atoms with Gasteiger partial charge < -0.3 is 5.11 Å². The van der Waals surface area contributed by atoms with Gasteiger partial charge >= 0.3 is 6.18 Å². The Hall–Kier alpha value is -1.51. The molecule has 1 fully saturated rings.